The minimum absolute atomic E-state index is 0.382. The van der Waals surface area contributed by atoms with Crippen LogP contribution in [0.2, 0.25) is 0 Å². The van der Waals surface area contributed by atoms with Gasteiger partial charge in [0, 0.05) is 24.5 Å². The fourth-order valence-corrected chi connectivity index (χ4v) is 1.51. The summed E-state index contributed by atoms with van der Waals surface area (Å²) in [6.07, 6.45) is 1.03. The quantitative estimate of drug-likeness (QED) is 0.758. The molecule has 0 saturated carbocycles. The molecule has 0 aliphatic heterocycles. The monoisotopic (exact) mass is 221 g/mol. The van der Waals surface area contributed by atoms with E-state index in [9.17, 15) is 4.79 Å². The molecule has 88 valence electrons. The van der Waals surface area contributed by atoms with Gasteiger partial charge in [-0.1, -0.05) is 6.92 Å². The van der Waals surface area contributed by atoms with Crippen LogP contribution < -0.4 is 16.4 Å². The van der Waals surface area contributed by atoms with Crippen molar-refractivity contribution in [2.75, 3.05) is 17.7 Å². The van der Waals surface area contributed by atoms with Crippen molar-refractivity contribution in [1.82, 2.24) is 0 Å². The highest BCUT2D eigenvalue weighted by molar-refractivity contribution is 5.99. The topological polar surface area (TPSA) is 72.3 Å². The van der Waals surface area contributed by atoms with Gasteiger partial charge in [0.05, 0.1) is 5.56 Å². The van der Waals surface area contributed by atoms with E-state index >= 15 is 0 Å². The van der Waals surface area contributed by atoms with Gasteiger partial charge in [-0.3, -0.25) is 4.79 Å². The molecule has 1 aromatic rings. The number of carbonyl (C=O) groups excluding carboxylic acids is 1. The fraction of sp³-hybridized carbons (Fsp3) is 0.417. The Labute approximate surface area is 96.2 Å². The number of nitrogens with zero attached hydrogens (tertiary/aromatic N) is 1. The van der Waals surface area contributed by atoms with Gasteiger partial charge >= 0.3 is 0 Å². The smallest absolute Gasteiger partial charge is 0.250 e. The second kappa shape index (κ2) is 4.88. The van der Waals surface area contributed by atoms with Crippen molar-refractivity contribution >= 4 is 17.3 Å². The number of hydrogen-bond acceptors (Lipinski definition) is 3. The Morgan fingerprint density at radius 2 is 2.12 bits per heavy atom. The van der Waals surface area contributed by atoms with E-state index in [1.54, 1.807) is 12.1 Å². The highest BCUT2D eigenvalue weighted by atomic mass is 16.1. The summed E-state index contributed by atoms with van der Waals surface area (Å²) in [6, 6.07) is 5.76. The van der Waals surface area contributed by atoms with Gasteiger partial charge in [-0.05, 0) is 31.5 Å². The van der Waals surface area contributed by atoms with E-state index < -0.39 is 5.91 Å². The molecule has 0 aliphatic rings. The van der Waals surface area contributed by atoms with Gasteiger partial charge in [-0.2, -0.15) is 0 Å². The van der Waals surface area contributed by atoms with E-state index in [2.05, 4.69) is 18.7 Å². The molecule has 4 nitrogen and oxygen atoms in total. The highest BCUT2D eigenvalue weighted by Gasteiger charge is 2.12. The molecule has 0 fully saturated rings. The summed E-state index contributed by atoms with van der Waals surface area (Å²) in [4.78, 5) is 13.3. The number of amides is 1. The number of nitrogens with two attached hydrogens (primary N) is 2. The van der Waals surface area contributed by atoms with Crippen molar-refractivity contribution < 1.29 is 4.79 Å². The van der Waals surface area contributed by atoms with Crippen LogP contribution in [0.3, 0.4) is 0 Å². The molecule has 4 heteroatoms. The molecule has 1 atom stereocenters. The van der Waals surface area contributed by atoms with Gasteiger partial charge in [0.1, 0.15) is 0 Å². The van der Waals surface area contributed by atoms with Crippen LogP contribution in [0.1, 0.15) is 30.6 Å². The lowest BCUT2D eigenvalue weighted by atomic mass is 10.1. The zero-order valence-electron chi connectivity index (χ0n) is 10.0. The van der Waals surface area contributed by atoms with Gasteiger partial charge < -0.3 is 16.4 Å². The third-order valence-electron chi connectivity index (χ3n) is 2.96. The predicted octanol–water partition coefficient (Wildman–Crippen LogP) is 1.60. The van der Waals surface area contributed by atoms with E-state index in [0.717, 1.165) is 12.1 Å². The lowest BCUT2D eigenvalue weighted by Gasteiger charge is -2.26. The van der Waals surface area contributed by atoms with Crippen LogP contribution in [0.5, 0.6) is 0 Å². The second-order valence-corrected chi connectivity index (χ2v) is 4.00. The van der Waals surface area contributed by atoms with Crippen LogP contribution >= 0.6 is 0 Å². The van der Waals surface area contributed by atoms with Crippen molar-refractivity contribution in [2.24, 2.45) is 5.73 Å². The first kappa shape index (κ1) is 12.4. The van der Waals surface area contributed by atoms with Gasteiger partial charge in [0.15, 0.2) is 0 Å². The molecule has 0 aliphatic carbocycles. The SMILES string of the molecule is CCC(C)N(C)c1ccc(N)c(C(N)=O)c1. The van der Waals surface area contributed by atoms with Crippen LogP contribution in [0.4, 0.5) is 11.4 Å². The van der Waals surface area contributed by atoms with E-state index in [1.807, 2.05) is 13.1 Å². The number of carbonyl (C=O) groups is 1. The Morgan fingerprint density at radius 1 is 1.50 bits per heavy atom. The standard InChI is InChI=1S/C12H19N3O/c1-4-8(2)15(3)9-5-6-11(13)10(7-9)12(14)16/h5-8H,4,13H2,1-3H3,(H2,14,16). The summed E-state index contributed by atoms with van der Waals surface area (Å²) in [7, 11) is 1.99. The van der Waals surface area contributed by atoms with E-state index in [0.29, 0.717) is 17.3 Å². The van der Waals surface area contributed by atoms with Crippen molar-refractivity contribution in [3.63, 3.8) is 0 Å². The Kier molecular flexibility index (Phi) is 3.77. The molecule has 4 N–H and O–H groups in total. The summed E-state index contributed by atoms with van der Waals surface area (Å²) in [5.74, 6) is -0.489. The molecule has 16 heavy (non-hydrogen) atoms. The normalized spacial score (nSPS) is 12.2. The Balaban J connectivity index is 3.07. The van der Waals surface area contributed by atoms with E-state index in [1.165, 1.54) is 0 Å². The Morgan fingerprint density at radius 3 is 2.62 bits per heavy atom. The summed E-state index contributed by atoms with van der Waals surface area (Å²) in [5.41, 5.74) is 12.7. The summed E-state index contributed by atoms with van der Waals surface area (Å²) < 4.78 is 0. The number of primary amides is 1. The van der Waals surface area contributed by atoms with Gasteiger partial charge in [-0.25, -0.2) is 0 Å². The zero-order chi connectivity index (χ0) is 12.3. The predicted molar refractivity (Wildman–Crippen MR) is 67.5 cm³/mol. The van der Waals surface area contributed by atoms with E-state index in [4.69, 9.17) is 11.5 Å². The summed E-state index contributed by atoms with van der Waals surface area (Å²) in [6.45, 7) is 4.24. The largest absolute Gasteiger partial charge is 0.398 e. The van der Waals surface area contributed by atoms with Crippen LogP contribution in [0.25, 0.3) is 0 Å². The molecule has 1 unspecified atom stereocenters. The molecule has 0 bridgehead atoms. The maximum absolute atomic E-state index is 11.2. The van der Waals surface area contributed by atoms with Crippen molar-refractivity contribution in [3.05, 3.63) is 23.8 Å². The molecule has 0 heterocycles. The number of anilines is 2. The lowest BCUT2D eigenvalue weighted by Crippen LogP contribution is -2.28. The van der Waals surface area contributed by atoms with Crippen LogP contribution in [-0.4, -0.2) is 19.0 Å². The van der Waals surface area contributed by atoms with E-state index in [-0.39, 0.29) is 0 Å². The van der Waals surface area contributed by atoms with Crippen LogP contribution in [0.15, 0.2) is 18.2 Å². The number of nitrogen functional groups attached to an aromatic ring is 1. The number of benzene rings is 1. The molecule has 0 spiro atoms. The molecule has 1 amide bonds. The maximum atomic E-state index is 11.2. The zero-order valence-corrected chi connectivity index (χ0v) is 10.0. The van der Waals surface area contributed by atoms with Crippen molar-refractivity contribution in [2.45, 2.75) is 26.3 Å². The maximum Gasteiger partial charge on any atom is 0.250 e. The minimum Gasteiger partial charge on any atom is -0.398 e. The van der Waals surface area contributed by atoms with Crippen LogP contribution in [-0.2, 0) is 0 Å². The third-order valence-corrected chi connectivity index (χ3v) is 2.96. The molecular formula is C12H19N3O. The van der Waals surface area contributed by atoms with Crippen LogP contribution in [0, 0.1) is 0 Å². The second-order valence-electron chi connectivity index (χ2n) is 4.00. The van der Waals surface area contributed by atoms with Gasteiger partial charge in [-0.15, -0.1) is 0 Å². The van der Waals surface area contributed by atoms with Gasteiger partial charge in [0.25, 0.3) is 5.91 Å². The number of rotatable bonds is 4. The summed E-state index contributed by atoms with van der Waals surface area (Å²) in [5, 5.41) is 0. The average molecular weight is 221 g/mol. The molecule has 1 aromatic carbocycles. The lowest BCUT2D eigenvalue weighted by molar-refractivity contribution is 0.100. The first-order valence-corrected chi connectivity index (χ1v) is 5.39. The van der Waals surface area contributed by atoms with Gasteiger partial charge in [0.2, 0.25) is 0 Å². The molecule has 0 aromatic heterocycles. The molecule has 0 radical (unpaired) electrons. The molecule has 1 rings (SSSR count). The minimum atomic E-state index is -0.489. The molecule has 0 saturated heterocycles. The van der Waals surface area contributed by atoms with Crippen molar-refractivity contribution in [1.29, 1.82) is 0 Å². The Bertz CT molecular complexity index is 390. The van der Waals surface area contributed by atoms with Crippen molar-refractivity contribution in [3.8, 4) is 0 Å². The highest BCUT2D eigenvalue weighted by Crippen LogP contribution is 2.22. The molecular weight excluding hydrogens is 202 g/mol. The first-order valence-electron chi connectivity index (χ1n) is 5.39. The summed E-state index contributed by atoms with van der Waals surface area (Å²) >= 11 is 0. The third kappa shape index (κ3) is 2.45. The number of hydrogen-bond donors (Lipinski definition) is 2. The Hall–Kier alpha value is -1.71. The average Bonchev–Trinajstić information content (AvgIpc) is 2.27. The first-order chi connectivity index (χ1) is 7.47. The fourth-order valence-electron chi connectivity index (χ4n) is 1.51.